The Balaban J connectivity index is 0.00000264. The van der Waals surface area contributed by atoms with Gasteiger partial charge in [0, 0.05) is 13.1 Å². The second-order valence-electron chi connectivity index (χ2n) is 6.77. The molecular formula is C16H28ClN3O2S. The molecule has 5 nitrogen and oxygen atoms in total. The quantitative estimate of drug-likeness (QED) is 0.811. The van der Waals surface area contributed by atoms with Gasteiger partial charge < -0.3 is 10.2 Å². The highest BCUT2D eigenvalue weighted by atomic mass is 35.5. The second kappa shape index (κ2) is 8.44. The fraction of sp³-hybridized carbons (Fsp3) is 0.625. The van der Waals surface area contributed by atoms with Crippen LogP contribution in [-0.4, -0.2) is 47.0 Å². The Morgan fingerprint density at radius 1 is 1.17 bits per heavy atom. The van der Waals surface area contributed by atoms with Crippen molar-refractivity contribution in [3.05, 3.63) is 29.8 Å². The molecule has 0 saturated carbocycles. The number of halogens is 1. The van der Waals surface area contributed by atoms with Gasteiger partial charge in [0.15, 0.2) is 0 Å². The van der Waals surface area contributed by atoms with Crippen LogP contribution in [0.4, 0.5) is 0 Å². The summed E-state index contributed by atoms with van der Waals surface area (Å²) in [6.45, 7) is 5.36. The van der Waals surface area contributed by atoms with Gasteiger partial charge in [-0.1, -0.05) is 19.1 Å². The predicted octanol–water partition coefficient (Wildman–Crippen LogP) is 1.84. The minimum absolute atomic E-state index is 0. The van der Waals surface area contributed by atoms with E-state index in [1.807, 2.05) is 26.2 Å². The van der Waals surface area contributed by atoms with Gasteiger partial charge in [0.25, 0.3) is 0 Å². The Kier molecular flexibility index (Phi) is 7.48. The highest BCUT2D eigenvalue weighted by molar-refractivity contribution is 7.89. The third-order valence-corrected chi connectivity index (χ3v) is 5.65. The van der Waals surface area contributed by atoms with Crippen LogP contribution >= 0.6 is 12.4 Å². The van der Waals surface area contributed by atoms with Gasteiger partial charge in [0.2, 0.25) is 10.0 Å². The SMILES string of the molecule is CN(C)Cc1ccc(S(=O)(=O)NCC2(C)CCNCC2)cc1.Cl. The number of rotatable bonds is 6. The Hall–Kier alpha value is -0.660. The lowest BCUT2D eigenvalue weighted by molar-refractivity contribution is 0.232. The van der Waals surface area contributed by atoms with Crippen molar-refractivity contribution >= 4 is 22.4 Å². The Morgan fingerprint density at radius 2 is 1.74 bits per heavy atom. The second-order valence-corrected chi connectivity index (χ2v) is 8.53. The van der Waals surface area contributed by atoms with E-state index in [1.54, 1.807) is 12.1 Å². The first-order valence-electron chi connectivity index (χ1n) is 7.75. The van der Waals surface area contributed by atoms with Crippen LogP contribution in [0.2, 0.25) is 0 Å². The van der Waals surface area contributed by atoms with Crippen LogP contribution in [0.5, 0.6) is 0 Å². The average molecular weight is 362 g/mol. The fourth-order valence-corrected chi connectivity index (χ4v) is 3.90. The third-order valence-electron chi connectivity index (χ3n) is 4.23. The van der Waals surface area contributed by atoms with E-state index in [0.717, 1.165) is 38.0 Å². The van der Waals surface area contributed by atoms with Crippen molar-refractivity contribution in [2.45, 2.75) is 31.2 Å². The van der Waals surface area contributed by atoms with Gasteiger partial charge >= 0.3 is 0 Å². The largest absolute Gasteiger partial charge is 0.317 e. The van der Waals surface area contributed by atoms with Gasteiger partial charge in [0.1, 0.15) is 0 Å². The molecule has 0 unspecified atom stereocenters. The molecule has 0 radical (unpaired) electrons. The average Bonchev–Trinajstić information content (AvgIpc) is 2.46. The minimum atomic E-state index is -3.43. The molecule has 132 valence electrons. The van der Waals surface area contributed by atoms with E-state index in [2.05, 4.69) is 21.9 Å². The predicted molar refractivity (Wildman–Crippen MR) is 96.5 cm³/mol. The Labute approximate surface area is 146 Å². The highest BCUT2D eigenvalue weighted by Crippen LogP contribution is 2.27. The number of nitrogens with zero attached hydrogens (tertiary/aromatic N) is 1. The molecule has 1 heterocycles. The summed E-state index contributed by atoms with van der Waals surface area (Å²) in [5, 5.41) is 3.31. The molecule has 0 amide bonds. The molecule has 23 heavy (non-hydrogen) atoms. The summed E-state index contributed by atoms with van der Waals surface area (Å²) in [5.74, 6) is 0. The molecule has 2 rings (SSSR count). The van der Waals surface area contributed by atoms with Gasteiger partial charge in [0.05, 0.1) is 4.90 Å². The van der Waals surface area contributed by atoms with E-state index in [1.165, 1.54) is 0 Å². The topological polar surface area (TPSA) is 61.4 Å². The van der Waals surface area contributed by atoms with Crippen LogP contribution in [0.15, 0.2) is 29.2 Å². The van der Waals surface area contributed by atoms with E-state index in [4.69, 9.17) is 0 Å². The maximum Gasteiger partial charge on any atom is 0.240 e. The fourth-order valence-electron chi connectivity index (χ4n) is 2.70. The van der Waals surface area contributed by atoms with Crippen LogP contribution in [0.1, 0.15) is 25.3 Å². The van der Waals surface area contributed by atoms with E-state index < -0.39 is 10.0 Å². The number of nitrogens with one attached hydrogen (secondary N) is 2. The molecular weight excluding hydrogens is 334 g/mol. The van der Waals surface area contributed by atoms with Gasteiger partial charge in [-0.05, 0) is 63.1 Å². The molecule has 0 aliphatic carbocycles. The van der Waals surface area contributed by atoms with E-state index >= 15 is 0 Å². The van der Waals surface area contributed by atoms with Crippen LogP contribution in [0.25, 0.3) is 0 Å². The Morgan fingerprint density at radius 3 is 2.26 bits per heavy atom. The lowest BCUT2D eigenvalue weighted by Gasteiger charge is -2.34. The molecule has 0 spiro atoms. The zero-order valence-electron chi connectivity index (χ0n) is 14.1. The van der Waals surface area contributed by atoms with Crippen LogP contribution in [-0.2, 0) is 16.6 Å². The number of benzene rings is 1. The standard InChI is InChI=1S/C16H27N3O2S.ClH/c1-16(8-10-17-11-9-16)13-18-22(20,21)15-6-4-14(5-7-15)12-19(2)3;/h4-7,17-18H,8-13H2,1-3H3;1H. The molecule has 1 aliphatic heterocycles. The molecule has 1 saturated heterocycles. The maximum atomic E-state index is 12.4. The summed E-state index contributed by atoms with van der Waals surface area (Å²) in [7, 11) is 0.557. The molecule has 1 aromatic rings. The monoisotopic (exact) mass is 361 g/mol. The van der Waals surface area contributed by atoms with Gasteiger partial charge in [-0.25, -0.2) is 13.1 Å². The Bertz CT molecular complexity index is 582. The molecule has 0 aromatic heterocycles. The highest BCUT2D eigenvalue weighted by Gasteiger charge is 2.28. The van der Waals surface area contributed by atoms with Crippen LogP contribution < -0.4 is 10.0 Å². The zero-order chi connectivity index (χ0) is 16.2. The number of piperidine rings is 1. The lowest BCUT2D eigenvalue weighted by Crippen LogP contribution is -2.42. The van der Waals surface area contributed by atoms with E-state index in [9.17, 15) is 8.42 Å². The zero-order valence-corrected chi connectivity index (χ0v) is 15.8. The summed E-state index contributed by atoms with van der Waals surface area (Å²) in [4.78, 5) is 2.40. The normalized spacial score (nSPS) is 17.7. The minimum Gasteiger partial charge on any atom is -0.317 e. The van der Waals surface area contributed by atoms with Crippen molar-refractivity contribution in [1.82, 2.24) is 14.9 Å². The molecule has 2 N–H and O–H groups in total. The number of hydrogen-bond acceptors (Lipinski definition) is 4. The summed E-state index contributed by atoms with van der Waals surface area (Å²) >= 11 is 0. The summed E-state index contributed by atoms with van der Waals surface area (Å²) in [6.07, 6.45) is 1.99. The molecule has 1 aliphatic rings. The van der Waals surface area contributed by atoms with Crippen molar-refractivity contribution in [1.29, 1.82) is 0 Å². The third kappa shape index (κ3) is 6.04. The molecule has 0 bridgehead atoms. The smallest absolute Gasteiger partial charge is 0.240 e. The van der Waals surface area contributed by atoms with Crippen LogP contribution in [0.3, 0.4) is 0 Å². The van der Waals surface area contributed by atoms with Crippen LogP contribution in [0, 0.1) is 5.41 Å². The van der Waals surface area contributed by atoms with E-state index in [-0.39, 0.29) is 17.8 Å². The summed E-state index contributed by atoms with van der Waals surface area (Å²) < 4.78 is 27.6. The van der Waals surface area contributed by atoms with Gasteiger partial charge in [-0.2, -0.15) is 0 Å². The molecule has 1 aromatic carbocycles. The van der Waals surface area contributed by atoms with Crippen molar-refractivity contribution in [3.8, 4) is 0 Å². The first-order chi connectivity index (χ1) is 10.3. The number of sulfonamides is 1. The van der Waals surface area contributed by atoms with Gasteiger partial charge in [-0.3, -0.25) is 0 Å². The van der Waals surface area contributed by atoms with E-state index in [0.29, 0.717) is 11.4 Å². The first-order valence-corrected chi connectivity index (χ1v) is 9.23. The van der Waals surface area contributed by atoms with Crippen molar-refractivity contribution in [2.24, 2.45) is 5.41 Å². The lowest BCUT2D eigenvalue weighted by atomic mass is 9.81. The molecule has 0 atom stereocenters. The number of hydrogen-bond donors (Lipinski definition) is 2. The van der Waals surface area contributed by atoms with Gasteiger partial charge in [-0.15, -0.1) is 12.4 Å². The maximum absolute atomic E-state index is 12.4. The molecule has 7 heteroatoms. The molecule has 1 fully saturated rings. The summed E-state index contributed by atoms with van der Waals surface area (Å²) in [6, 6.07) is 7.12. The van der Waals surface area contributed by atoms with Crippen molar-refractivity contribution < 1.29 is 8.42 Å². The van der Waals surface area contributed by atoms with Crippen molar-refractivity contribution in [3.63, 3.8) is 0 Å². The first kappa shape index (κ1) is 20.4. The summed E-state index contributed by atoms with van der Waals surface area (Å²) in [5.41, 5.74) is 1.15. The van der Waals surface area contributed by atoms with Crippen molar-refractivity contribution in [2.75, 3.05) is 33.7 Å².